The summed E-state index contributed by atoms with van der Waals surface area (Å²) < 4.78 is 24.9. The third-order valence-electron chi connectivity index (χ3n) is 3.25. The van der Waals surface area contributed by atoms with Gasteiger partial charge in [0.15, 0.2) is 5.82 Å². The van der Waals surface area contributed by atoms with Crippen LogP contribution in [-0.4, -0.2) is 22.6 Å². The van der Waals surface area contributed by atoms with Crippen LogP contribution in [0.5, 0.6) is 0 Å². The van der Waals surface area contributed by atoms with Gasteiger partial charge in [-0.05, 0) is 18.2 Å². The van der Waals surface area contributed by atoms with Crippen LogP contribution in [0.25, 0.3) is 16.6 Å². The van der Waals surface area contributed by atoms with Gasteiger partial charge in [0.2, 0.25) is 5.71 Å². The molecule has 0 aliphatic heterocycles. The lowest BCUT2D eigenvalue weighted by Crippen LogP contribution is -2.23. The summed E-state index contributed by atoms with van der Waals surface area (Å²) in [5.41, 5.74) is 3.97. The molecule has 3 aromatic rings. The van der Waals surface area contributed by atoms with E-state index in [4.69, 9.17) is 14.7 Å². The average Bonchev–Trinajstić information content (AvgIpc) is 2.79. The van der Waals surface area contributed by atoms with Crippen molar-refractivity contribution in [1.82, 2.24) is 4.57 Å². The summed E-state index contributed by atoms with van der Waals surface area (Å²) in [6.07, 6.45) is 0.539. The zero-order valence-corrected chi connectivity index (χ0v) is 12.3. The van der Waals surface area contributed by atoms with E-state index in [1.807, 2.05) is 0 Å². The highest BCUT2D eigenvalue weighted by Crippen LogP contribution is 2.28. The van der Waals surface area contributed by atoms with Gasteiger partial charge in [-0.1, -0.05) is 12.1 Å². The zero-order valence-electron chi connectivity index (χ0n) is 11.5. The maximum atomic E-state index is 14.1. The van der Waals surface area contributed by atoms with Gasteiger partial charge in [-0.2, -0.15) is 11.8 Å². The molecule has 116 valence electrons. The number of hydrogen-bond acceptors (Lipinski definition) is 6. The van der Waals surface area contributed by atoms with Crippen LogP contribution in [0.4, 0.5) is 4.39 Å². The molecule has 22 heavy (non-hydrogen) atoms. The molecule has 0 saturated heterocycles. The fourth-order valence-electron chi connectivity index (χ4n) is 2.35. The molecule has 0 spiro atoms. The predicted octanol–water partition coefficient (Wildman–Crippen LogP) is 1.37. The van der Waals surface area contributed by atoms with Crippen molar-refractivity contribution in [2.24, 2.45) is 5.73 Å². The van der Waals surface area contributed by atoms with Crippen molar-refractivity contribution in [3.05, 3.63) is 50.4 Å². The maximum Gasteiger partial charge on any atom is 0.442 e. The minimum absolute atomic E-state index is 0.0676. The number of nitrogens with zero attached hydrogens (tertiary/aromatic N) is 1. The fraction of sp³-hybridized carbons (Fsp3) is 0.286. The lowest BCUT2D eigenvalue weighted by Gasteiger charge is -1.99. The van der Waals surface area contributed by atoms with E-state index in [9.17, 15) is 14.0 Å². The molecule has 0 saturated carbocycles. The topological polar surface area (TPSA) is 90.9 Å². The molecule has 0 aliphatic rings. The first-order valence-electron chi connectivity index (χ1n) is 6.67. The summed E-state index contributed by atoms with van der Waals surface area (Å²) in [4.78, 5) is 22.8. The summed E-state index contributed by atoms with van der Waals surface area (Å²) in [5, 5.41) is 0.561. The lowest BCUT2D eigenvalue weighted by molar-refractivity contribution is 0.284. The molecular formula is C14H13FN2O4S. The quantitative estimate of drug-likeness (QED) is 0.563. The second kappa shape index (κ2) is 5.98. The van der Waals surface area contributed by atoms with E-state index in [-0.39, 0.29) is 11.2 Å². The fourth-order valence-corrected chi connectivity index (χ4v) is 3.06. The van der Waals surface area contributed by atoms with E-state index >= 15 is 0 Å². The third-order valence-corrected chi connectivity index (χ3v) is 4.26. The van der Waals surface area contributed by atoms with Crippen LogP contribution in [0.2, 0.25) is 0 Å². The second-order valence-corrected chi connectivity index (χ2v) is 5.86. The van der Waals surface area contributed by atoms with Gasteiger partial charge < -0.3 is 14.7 Å². The number of nitrogens with two attached hydrogens (primary N) is 1. The zero-order chi connectivity index (χ0) is 15.7. The largest absolute Gasteiger partial charge is 0.442 e. The van der Waals surface area contributed by atoms with Gasteiger partial charge in [-0.3, -0.25) is 0 Å². The van der Waals surface area contributed by atoms with E-state index < -0.39 is 17.1 Å². The van der Waals surface area contributed by atoms with Gasteiger partial charge in [0.1, 0.15) is 5.52 Å². The van der Waals surface area contributed by atoms with Crippen molar-refractivity contribution < 1.29 is 13.3 Å². The smallest absolute Gasteiger partial charge is 0.397 e. The molecule has 8 heteroatoms. The molecule has 0 radical (unpaired) electrons. The first-order chi connectivity index (χ1) is 10.6. The number of benzene rings is 1. The predicted molar refractivity (Wildman–Crippen MR) is 82.0 cm³/mol. The Hall–Kier alpha value is -2.06. The minimum Gasteiger partial charge on any atom is -0.397 e. The van der Waals surface area contributed by atoms with E-state index in [1.165, 1.54) is 6.07 Å². The molecule has 1 aromatic carbocycles. The molecule has 2 N–H and O–H groups in total. The Kier molecular flexibility index (Phi) is 4.04. The maximum absolute atomic E-state index is 14.1. The number of hydrogen-bond donors (Lipinski definition) is 1. The molecule has 6 nitrogen and oxygen atoms in total. The molecule has 0 amide bonds. The number of para-hydroxylation sites is 1. The van der Waals surface area contributed by atoms with Crippen molar-refractivity contribution in [2.45, 2.75) is 6.42 Å². The molecule has 0 aliphatic carbocycles. The Balaban J connectivity index is 2.23. The number of aryl methyl sites for hydroxylation is 1. The van der Waals surface area contributed by atoms with Crippen molar-refractivity contribution >= 4 is 28.4 Å². The van der Waals surface area contributed by atoms with Crippen LogP contribution < -0.4 is 17.0 Å². The van der Waals surface area contributed by atoms with Gasteiger partial charge in [0, 0.05) is 23.2 Å². The lowest BCUT2D eigenvalue weighted by atomic mass is 10.1. The first kappa shape index (κ1) is 14.9. The number of fused-ring (bicyclic) bond motifs is 3. The highest BCUT2D eigenvalue weighted by Gasteiger charge is 2.19. The standard InChI is InChI=1S/C14H13FN2O4S/c15-10-3-1-2-8-9(4-6-22-7-5-16)12-17(11(8)10)21-14(19)13(18)20-12/h1-3H,4-7,16H2. The number of rotatable bonds is 5. The molecule has 3 rings (SSSR count). The van der Waals surface area contributed by atoms with Crippen molar-refractivity contribution in [2.75, 3.05) is 18.1 Å². The van der Waals surface area contributed by atoms with E-state index in [0.29, 0.717) is 23.9 Å². The summed E-state index contributed by atoms with van der Waals surface area (Å²) >= 11 is 1.64. The van der Waals surface area contributed by atoms with Gasteiger partial charge in [-0.15, -0.1) is 4.57 Å². The van der Waals surface area contributed by atoms with Gasteiger partial charge in [-0.25, -0.2) is 14.0 Å². The first-order valence-corrected chi connectivity index (χ1v) is 7.83. The van der Waals surface area contributed by atoms with Crippen LogP contribution in [-0.2, 0) is 6.42 Å². The summed E-state index contributed by atoms with van der Waals surface area (Å²) in [6, 6.07) is 4.52. The van der Waals surface area contributed by atoms with Crippen molar-refractivity contribution in [3.8, 4) is 0 Å². The Morgan fingerprint density at radius 1 is 1.23 bits per heavy atom. The summed E-state index contributed by atoms with van der Waals surface area (Å²) in [6.45, 7) is 0.570. The average molecular weight is 324 g/mol. The van der Waals surface area contributed by atoms with Crippen LogP contribution in [0, 0.1) is 5.82 Å². The van der Waals surface area contributed by atoms with Gasteiger partial charge >= 0.3 is 11.3 Å². The normalized spacial score (nSPS) is 11.5. The minimum atomic E-state index is -1.17. The number of halogens is 1. The Morgan fingerprint density at radius 2 is 2.05 bits per heavy atom. The highest BCUT2D eigenvalue weighted by atomic mass is 32.2. The summed E-state index contributed by atoms with van der Waals surface area (Å²) in [7, 11) is 0. The van der Waals surface area contributed by atoms with Crippen molar-refractivity contribution in [1.29, 1.82) is 0 Å². The third kappa shape index (κ3) is 2.44. The Labute approximate surface area is 127 Å². The summed E-state index contributed by atoms with van der Waals surface area (Å²) in [5.74, 6) is 0.980. The Morgan fingerprint density at radius 3 is 2.82 bits per heavy atom. The molecule has 2 aromatic heterocycles. The molecule has 0 bridgehead atoms. The second-order valence-electron chi connectivity index (χ2n) is 4.63. The molecule has 0 atom stereocenters. The number of thioether (sulfide) groups is 1. The van der Waals surface area contributed by atoms with Crippen LogP contribution in [0.15, 0.2) is 36.7 Å². The van der Waals surface area contributed by atoms with Crippen LogP contribution in [0.1, 0.15) is 5.56 Å². The highest BCUT2D eigenvalue weighted by molar-refractivity contribution is 7.99. The van der Waals surface area contributed by atoms with Gasteiger partial charge in [0.25, 0.3) is 0 Å². The molecular weight excluding hydrogens is 311 g/mol. The molecule has 0 unspecified atom stereocenters. The molecule has 0 fully saturated rings. The monoisotopic (exact) mass is 324 g/mol. The van der Waals surface area contributed by atoms with Crippen molar-refractivity contribution in [3.63, 3.8) is 0 Å². The molecule has 2 heterocycles. The van der Waals surface area contributed by atoms with Crippen LogP contribution >= 0.6 is 11.8 Å². The van der Waals surface area contributed by atoms with E-state index in [0.717, 1.165) is 16.1 Å². The van der Waals surface area contributed by atoms with Gasteiger partial charge in [0.05, 0.1) is 0 Å². The number of aromatic nitrogens is 1. The van der Waals surface area contributed by atoms with E-state index in [1.54, 1.807) is 23.9 Å². The van der Waals surface area contributed by atoms with E-state index in [2.05, 4.69) is 0 Å². The van der Waals surface area contributed by atoms with Crippen LogP contribution in [0.3, 0.4) is 0 Å². The SMILES string of the molecule is NCCSCCc1c2cccc(F)c2n2oc(=O)c(=O)oc12. The Bertz CT molecular complexity index is 944.